The minimum atomic E-state index is -0.258. The lowest BCUT2D eigenvalue weighted by Crippen LogP contribution is -2.31. The molecular weight excluding hydrogens is 220 g/mol. The Kier molecular flexibility index (Phi) is 1.99. The first-order valence-electron chi connectivity index (χ1n) is 5.44. The molecule has 80 valence electrons. The largest absolute Gasteiger partial charge is 0.361 e. The fourth-order valence-electron chi connectivity index (χ4n) is 2.47. The van der Waals surface area contributed by atoms with Gasteiger partial charge in [-0.15, -0.1) is 0 Å². The second kappa shape index (κ2) is 3.26. The van der Waals surface area contributed by atoms with Crippen molar-refractivity contribution in [3.63, 3.8) is 0 Å². The second-order valence-electron chi connectivity index (χ2n) is 4.44. The van der Waals surface area contributed by atoms with Crippen LogP contribution in [0.15, 0.2) is 24.4 Å². The first kappa shape index (κ1) is 9.74. The molecule has 1 aliphatic carbocycles. The van der Waals surface area contributed by atoms with Crippen LogP contribution in [0.25, 0.3) is 10.9 Å². The predicted octanol–water partition coefficient (Wildman–Crippen LogP) is 3.77. The van der Waals surface area contributed by atoms with Gasteiger partial charge in [-0.25, -0.2) is 0 Å². The van der Waals surface area contributed by atoms with Crippen LogP contribution in [-0.2, 0) is 5.41 Å². The van der Waals surface area contributed by atoms with Gasteiger partial charge in [-0.1, -0.05) is 17.7 Å². The highest BCUT2D eigenvalue weighted by Crippen LogP contribution is 2.45. The number of aromatic amines is 1. The number of aromatic nitrogens is 1. The minimum Gasteiger partial charge on any atom is -0.361 e. The monoisotopic (exact) mass is 230 g/mol. The summed E-state index contributed by atoms with van der Waals surface area (Å²) in [5.41, 5.74) is 1.89. The number of H-pyrrole nitrogens is 1. The topological polar surface area (TPSA) is 39.6 Å². The maximum Gasteiger partial charge on any atom is 0.0842 e. The van der Waals surface area contributed by atoms with E-state index in [-0.39, 0.29) is 5.41 Å². The minimum absolute atomic E-state index is 0.258. The number of halogens is 1. The highest BCUT2D eigenvalue weighted by molar-refractivity contribution is 6.31. The van der Waals surface area contributed by atoms with Crippen LogP contribution in [-0.4, -0.2) is 4.98 Å². The number of nitriles is 1. The average molecular weight is 231 g/mol. The standard InChI is InChI=1S/C13H11ClN2/c14-9-2-3-10-11(7-16-12(10)6-9)13(8-15)4-1-5-13/h2-3,6-7,16H,1,4-5H2. The number of hydrogen-bond donors (Lipinski definition) is 1. The molecule has 0 atom stereocenters. The van der Waals surface area contributed by atoms with Crippen LogP contribution in [0, 0.1) is 11.3 Å². The molecular formula is C13H11ClN2. The Morgan fingerprint density at radius 1 is 1.38 bits per heavy atom. The summed E-state index contributed by atoms with van der Waals surface area (Å²) in [4.78, 5) is 3.20. The van der Waals surface area contributed by atoms with E-state index >= 15 is 0 Å². The van der Waals surface area contributed by atoms with Crippen LogP contribution in [0.3, 0.4) is 0 Å². The molecule has 1 heterocycles. The SMILES string of the molecule is N#CC1(c2c[nH]c3cc(Cl)ccc23)CCC1. The fourth-order valence-corrected chi connectivity index (χ4v) is 2.64. The number of nitrogens with zero attached hydrogens (tertiary/aromatic N) is 1. The normalized spacial score (nSPS) is 18.0. The predicted molar refractivity (Wildman–Crippen MR) is 64.5 cm³/mol. The van der Waals surface area contributed by atoms with Crippen LogP contribution >= 0.6 is 11.6 Å². The lowest BCUT2D eigenvalue weighted by molar-refractivity contribution is 0.326. The van der Waals surface area contributed by atoms with Gasteiger partial charge in [0.1, 0.15) is 0 Å². The van der Waals surface area contributed by atoms with E-state index in [1.165, 1.54) is 0 Å². The number of hydrogen-bond acceptors (Lipinski definition) is 1. The Morgan fingerprint density at radius 2 is 2.19 bits per heavy atom. The summed E-state index contributed by atoms with van der Waals surface area (Å²) in [6.45, 7) is 0. The summed E-state index contributed by atoms with van der Waals surface area (Å²) in [5, 5.41) is 11.2. The number of benzene rings is 1. The van der Waals surface area contributed by atoms with Gasteiger partial charge in [0, 0.05) is 22.1 Å². The third-order valence-corrected chi connectivity index (χ3v) is 3.82. The van der Waals surface area contributed by atoms with Crippen molar-refractivity contribution in [1.29, 1.82) is 5.26 Å². The molecule has 1 N–H and O–H groups in total. The lowest BCUT2D eigenvalue weighted by atomic mass is 9.65. The summed E-state index contributed by atoms with van der Waals surface area (Å²) < 4.78 is 0. The third-order valence-electron chi connectivity index (χ3n) is 3.58. The molecule has 1 saturated carbocycles. The zero-order valence-electron chi connectivity index (χ0n) is 8.76. The van der Waals surface area contributed by atoms with Crippen molar-refractivity contribution in [2.45, 2.75) is 24.7 Å². The van der Waals surface area contributed by atoms with Crippen LogP contribution in [0.4, 0.5) is 0 Å². The number of fused-ring (bicyclic) bond motifs is 1. The molecule has 0 saturated heterocycles. The zero-order valence-corrected chi connectivity index (χ0v) is 9.51. The van der Waals surface area contributed by atoms with E-state index in [1.54, 1.807) is 0 Å². The van der Waals surface area contributed by atoms with Gasteiger partial charge >= 0.3 is 0 Å². The molecule has 3 heteroatoms. The van der Waals surface area contributed by atoms with Crippen LogP contribution in [0.5, 0.6) is 0 Å². The molecule has 0 aliphatic heterocycles. The second-order valence-corrected chi connectivity index (χ2v) is 4.88. The van der Waals surface area contributed by atoms with Gasteiger partial charge in [0.2, 0.25) is 0 Å². The first-order chi connectivity index (χ1) is 7.75. The summed E-state index contributed by atoms with van der Waals surface area (Å²) in [7, 11) is 0. The van der Waals surface area contributed by atoms with E-state index in [2.05, 4.69) is 11.1 Å². The molecule has 2 aromatic rings. The Labute approximate surface area is 98.8 Å². The van der Waals surface area contributed by atoms with Gasteiger partial charge in [0.05, 0.1) is 11.5 Å². The lowest BCUT2D eigenvalue weighted by Gasteiger charge is -2.35. The maximum absolute atomic E-state index is 9.33. The van der Waals surface area contributed by atoms with Crippen molar-refractivity contribution in [3.8, 4) is 6.07 Å². The molecule has 0 radical (unpaired) electrons. The summed E-state index contributed by atoms with van der Waals surface area (Å²) in [6, 6.07) is 8.26. The fraction of sp³-hybridized carbons (Fsp3) is 0.308. The molecule has 1 aromatic heterocycles. The van der Waals surface area contributed by atoms with Gasteiger partial charge in [0.15, 0.2) is 0 Å². The number of nitrogens with one attached hydrogen (secondary N) is 1. The van der Waals surface area contributed by atoms with Gasteiger partial charge in [-0.3, -0.25) is 0 Å². The van der Waals surface area contributed by atoms with Crippen molar-refractivity contribution in [3.05, 3.63) is 35.0 Å². The van der Waals surface area contributed by atoms with E-state index in [9.17, 15) is 5.26 Å². The van der Waals surface area contributed by atoms with Crippen molar-refractivity contribution in [2.75, 3.05) is 0 Å². The summed E-state index contributed by atoms with van der Waals surface area (Å²) >= 11 is 5.94. The van der Waals surface area contributed by atoms with Crippen molar-refractivity contribution < 1.29 is 0 Å². The van der Waals surface area contributed by atoms with E-state index in [4.69, 9.17) is 11.6 Å². The summed E-state index contributed by atoms with van der Waals surface area (Å²) in [5.74, 6) is 0. The molecule has 16 heavy (non-hydrogen) atoms. The Hall–Kier alpha value is -1.46. The van der Waals surface area contributed by atoms with Gasteiger partial charge < -0.3 is 4.98 Å². The van der Waals surface area contributed by atoms with Crippen LogP contribution in [0.2, 0.25) is 5.02 Å². The highest BCUT2D eigenvalue weighted by atomic mass is 35.5. The first-order valence-corrected chi connectivity index (χ1v) is 5.81. The Balaban J connectivity index is 2.22. The number of rotatable bonds is 1. The molecule has 0 spiro atoms. The highest BCUT2D eigenvalue weighted by Gasteiger charge is 2.40. The third kappa shape index (κ3) is 1.19. The van der Waals surface area contributed by atoms with E-state index in [1.807, 2.05) is 24.4 Å². The van der Waals surface area contributed by atoms with E-state index in [0.29, 0.717) is 0 Å². The molecule has 2 nitrogen and oxygen atoms in total. The molecule has 3 rings (SSSR count). The quantitative estimate of drug-likeness (QED) is 0.796. The van der Waals surface area contributed by atoms with Gasteiger partial charge in [0.25, 0.3) is 0 Å². The van der Waals surface area contributed by atoms with Crippen molar-refractivity contribution in [2.24, 2.45) is 0 Å². The van der Waals surface area contributed by atoms with Gasteiger partial charge in [-0.05, 0) is 37.0 Å². The Morgan fingerprint density at radius 3 is 2.81 bits per heavy atom. The molecule has 0 bridgehead atoms. The molecule has 1 aliphatic rings. The van der Waals surface area contributed by atoms with Crippen molar-refractivity contribution in [1.82, 2.24) is 4.98 Å². The summed E-state index contributed by atoms with van der Waals surface area (Å²) in [6.07, 6.45) is 5.05. The molecule has 0 unspecified atom stereocenters. The van der Waals surface area contributed by atoms with Crippen molar-refractivity contribution >= 4 is 22.5 Å². The molecule has 0 amide bonds. The van der Waals surface area contributed by atoms with Crippen LogP contribution in [0.1, 0.15) is 24.8 Å². The zero-order chi connectivity index (χ0) is 11.2. The maximum atomic E-state index is 9.33. The smallest absolute Gasteiger partial charge is 0.0842 e. The van der Waals surface area contributed by atoms with E-state index in [0.717, 1.165) is 40.8 Å². The molecule has 1 aromatic carbocycles. The van der Waals surface area contributed by atoms with E-state index < -0.39 is 0 Å². The van der Waals surface area contributed by atoms with Gasteiger partial charge in [-0.2, -0.15) is 5.26 Å². The molecule has 1 fully saturated rings. The average Bonchev–Trinajstić information content (AvgIpc) is 2.61. The Bertz CT molecular complexity index is 587. The van der Waals surface area contributed by atoms with Crippen LogP contribution < -0.4 is 0 Å².